The monoisotopic (exact) mass is 247 g/mol. The second-order valence-corrected chi connectivity index (χ2v) is 5.89. The van der Waals surface area contributed by atoms with E-state index in [2.05, 4.69) is 17.0 Å². The molecule has 1 fully saturated rings. The summed E-state index contributed by atoms with van der Waals surface area (Å²) in [5, 5.41) is 10.1. The van der Waals surface area contributed by atoms with E-state index in [9.17, 15) is 5.11 Å². The molecular formula is C15H21NO2. The molecule has 1 aromatic rings. The molecule has 0 radical (unpaired) electrons. The fraction of sp³-hybridized carbons (Fsp3) is 0.600. The average molecular weight is 247 g/mol. The molecule has 1 N–H and O–H groups in total. The predicted molar refractivity (Wildman–Crippen MR) is 70.9 cm³/mol. The molecule has 2 heterocycles. The normalized spacial score (nSPS) is 32.0. The molecule has 98 valence electrons. The van der Waals surface area contributed by atoms with Crippen LogP contribution in [0.15, 0.2) is 24.3 Å². The van der Waals surface area contributed by atoms with Gasteiger partial charge in [-0.3, -0.25) is 4.90 Å². The molecule has 3 nitrogen and oxygen atoms in total. The Labute approximate surface area is 108 Å². The summed E-state index contributed by atoms with van der Waals surface area (Å²) in [4.78, 5) is 2.33. The number of fused-ring (bicyclic) bond motifs is 1. The van der Waals surface area contributed by atoms with Crippen LogP contribution >= 0.6 is 0 Å². The number of aliphatic hydroxyl groups is 1. The summed E-state index contributed by atoms with van der Waals surface area (Å²) >= 11 is 0. The maximum atomic E-state index is 10.1. The van der Waals surface area contributed by atoms with E-state index in [1.54, 1.807) is 0 Å². The van der Waals surface area contributed by atoms with Gasteiger partial charge in [0.2, 0.25) is 0 Å². The van der Waals surface area contributed by atoms with E-state index in [1.165, 1.54) is 5.56 Å². The van der Waals surface area contributed by atoms with Crippen molar-refractivity contribution in [3.05, 3.63) is 29.8 Å². The first kappa shape index (κ1) is 12.0. The van der Waals surface area contributed by atoms with Crippen LogP contribution < -0.4 is 4.74 Å². The van der Waals surface area contributed by atoms with Crippen LogP contribution in [0.25, 0.3) is 0 Å². The number of β-amino-alcohol motifs (C(OH)–C–C–N with tert-alkyl or cyclic N) is 1. The van der Waals surface area contributed by atoms with Gasteiger partial charge in [0, 0.05) is 19.5 Å². The van der Waals surface area contributed by atoms with E-state index in [-0.39, 0.29) is 6.10 Å². The Bertz CT molecular complexity index is 405. The van der Waals surface area contributed by atoms with Gasteiger partial charge in [-0.25, -0.2) is 0 Å². The zero-order chi connectivity index (χ0) is 12.6. The summed E-state index contributed by atoms with van der Waals surface area (Å²) in [5.41, 5.74) is 0.787. The van der Waals surface area contributed by atoms with Gasteiger partial charge in [0.1, 0.15) is 11.9 Å². The number of ether oxygens (including phenoxy) is 1. The Morgan fingerprint density at radius 2 is 2.28 bits per heavy atom. The summed E-state index contributed by atoms with van der Waals surface area (Å²) in [6.07, 6.45) is 3.23. The van der Waals surface area contributed by atoms with Gasteiger partial charge in [-0.2, -0.15) is 0 Å². The van der Waals surface area contributed by atoms with Gasteiger partial charge in [-0.15, -0.1) is 0 Å². The molecule has 1 aromatic carbocycles. The highest BCUT2D eigenvalue weighted by atomic mass is 16.5. The molecule has 3 rings (SSSR count). The third-order valence-corrected chi connectivity index (χ3v) is 3.93. The molecule has 2 unspecified atom stereocenters. The summed E-state index contributed by atoms with van der Waals surface area (Å²) in [7, 11) is 0. The molecule has 2 atom stereocenters. The topological polar surface area (TPSA) is 32.7 Å². The maximum absolute atomic E-state index is 10.1. The van der Waals surface area contributed by atoms with Crippen molar-refractivity contribution in [2.75, 3.05) is 19.6 Å². The first-order valence-electron chi connectivity index (χ1n) is 6.82. The smallest absolute Gasteiger partial charge is 0.123 e. The molecule has 0 bridgehead atoms. The number of piperidine rings is 1. The summed E-state index contributed by atoms with van der Waals surface area (Å²) in [6.45, 7) is 4.70. The van der Waals surface area contributed by atoms with Crippen molar-refractivity contribution in [3.63, 3.8) is 0 Å². The van der Waals surface area contributed by atoms with Crippen molar-refractivity contribution < 1.29 is 9.84 Å². The second kappa shape index (κ2) is 4.56. The third kappa shape index (κ3) is 2.52. The van der Waals surface area contributed by atoms with Gasteiger partial charge in [-0.05, 0) is 37.9 Å². The van der Waals surface area contributed by atoms with Crippen LogP contribution in [0.5, 0.6) is 5.75 Å². The molecule has 0 aromatic heterocycles. The molecule has 2 aliphatic heterocycles. The van der Waals surface area contributed by atoms with Crippen molar-refractivity contribution >= 4 is 0 Å². The van der Waals surface area contributed by atoms with Crippen molar-refractivity contribution in [3.8, 4) is 5.75 Å². The molecule has 0 amide bonds. The number of likely N-dealkylation sites (tertiary alicyclic amines) is 1. The minimum atomic E-state index is -0.524. The number of rotatable bonds is 2. The van der Waals surface area contributed by atoms with Crippen LogP contribution in [-0.2, 0) is 6.42 Å². The molecule has 2 aliphatic rings. The number of para-hydroxylation sites is 1. The highest BCUT2D eigenvalue weighted by molar-refractivity contribution is 5.37. The van der Waals surface area contributed by atoms with Crippen molar-refractivity contribution in [1.29, 1.82) is 0 Å². The van der Waals surface area contributed by atoms with E-state index < -0.39 is 5.60 Å². The van der Waals surface area contributed by atoms with Crippen LogP contribution in [0.3, 0.4) is 0 Å². The minimum absolute atomic E-state index is 0.247. The number of nitrogens with zero attached hydrogens (tertiary/aromatic N) is 1. The Hall–Kier alpha value is -1.06. The number of hydrogen-bond acceptors (Lipinski definition) is 3. The summed E-state index contributed by atoms with van der Waals surface area (Å²) < 4.78 is 5.95. The first-order chi connectivity index (χ1) is 8.62. The lowest BCUT2D eigenvalue weighted by Gasteiger charge is -2.37. The van der Waals surface area contributed by atoms with Crippen molar-refractivity contribution in [1.82, 2.24) is 4.90 Å². The van der Waals surface area contributed by atoms with Gasteiger partial charge >= 0.3 is 0 Å². The van der Waals surface area contributed by atoms with Crippen molar-refractivity contribution in [2.45, 2.75) is 37.9 Å². The van der Waals surface area contributed by atoms with Gasteiger partial charge < -0.3 is 9.84 Å². The Balaban J connectivity index is 1.59. The van der Waals surface area contributed by atoms with Crippen LogP contribution in [0.1, 0.15) is 25.3 Å². The van der Waals surface area contributed by atoms with Gasteiger partial charge in [-0.1, -0.05) is 18.2 Å². The average Bonchev–Trinajstić information content (AvgIpc) is 2.69. The van der Waals surface area contributed by atoms with E-state index in [0.29, 0.717) is 0 Å². The lowest BCUT2D eigenvalue weighted by atomic mass is 9.95. The number of benzene rings is 1. The van der Waals surface area contributed by atoms with Crippen LogP contribution in [-0.4, -0.2) is 41.3 Å². The lowest BCUT2D eigenvalue weighted by Crippen LogP contribution is -2.49. The van der Waals surface area contributed by atoms with Crippen molar-refractivity contribution in [2.24, 2.45) is 0 Å². The van der Waals surface area contributed by atoms with E-state index in [1.807, 2.05) is 19.1 Å². The standard InChI is InChI=1S/C15H21NO2/c1-15(17)7-4-8-16(11-15)10-13-9-12-5-2-3-6-14(12)18-13/h2-3,5-6,13,17H,4,7-11H2,1H3. The fourth-order valence-electron chi connectivity index (χ4n) is 3.12. The molecule has 3 heteroatoms. The maximum Gasteiger partial charge on any atom is 0.123 e. The Kier molecular flexibility index (Phi) is 3.04. The molecule has 0 aliphatic carbocycles. The van der Waals surface area contributed by atoms with Gasteiger partial charge in [0.15, 0.2) is 0 Å². The molecule has 0 spiro atoms. The largest absolute Gasteiger partial charge is 0.488 e. The molecule has 1 saturated heterocycles. The van der Waals surface area contributed by atoms with Crippen LogP contribution in [0, 0.1) is 0 Å². The highest BCUT2D eigenvalue weighted by Gasteiger charge is 2.31. The molecular weight excluding hydrogens is 226 g/mol. The minimum Gasteiger partial charge on any atom is -0.488 e. The lowest BCUT2D eigenvalue weighted by molar-refractivity contribution is -0.0239. The zero-order valence-electron chi connectivity index (χ0n) is 10.9. The SMILES string of the molecule is CC1(O)CCCN(CC2Cc3ccccc3O2)C1. The predicted octanol–water partition coefficient (Wildman–Crippen LogP) is 1.84. The van der Waals surface area contributed by atoms with Crippen LogP contribution in [0.4, 0.5) is 0 Å². The number of hydrogen-bond donors (Lipinski definition) is 1. The van der Waals surface area contributed by atoms with Gasteiger partial charge in [0.25, 0.3) is 0 Å². The van der Waals surface area contributed by atoms with E-state index in [0.717, 1.165) is 44.6 Å². The molecule has 18 heavy (non-hydrogen) atoms. The summed E-state index contributed by atoms with van der Waals surface area (Å²) in [6, 6.07) is 8.27. The Morgan fingerprint density at radius 3 is 3.06 bits per heavy atom. The van der Waals surface area contributed by atoms with E-state index in [4.69, 9.17) is 4.74 Å². The zero-order valence-corrected chi connectivity index (χ0v) is 10.9. The highest BCUT2D eigenvalue weighted by Crippen LogP contribution is 2.29. The third-order valence-electron chi connectivity index (χ3n) is 3.93. The molecule has 0 saturated carbocycles. The van der Waals surface area contributed by atoms with E-state index >= 15 is 0 Å². The quantitative estimate of drug-likeness (QED) is 0.865. The van der Waals surface area contributed by atoms with Crippen LogP contribution in [0.2, 0.25) is 0 Å². The summed E-state index contributed by atoms with van der Waals surface area (Å²) in [5.74, 6) is 1.03. The Morgan fingerprint density at radius 1 is 1.44 bits per heavy atom. The fourth-order valence-corrected chi connectivity index (χ4v) is 3.12. The first-order valence-corrected chi connectivity index (χ1v) is 6.82. The van der Waals surface area contributed by atoms with Gasteiger partial charge in [0.05, 0.1) is 5.60 Å². The second-order valence-electron chi connectivity index (χ2n) is 5.89.